The molecule has 0 atom stereocenters. The third-order valence-corrected chi connectivity index (χ3v) is 3.23. The van der Waals surface area contributed by atoms with E-state index in [1.165, 1.54) is 0 Å². The molecule has 0 radical (unpaired) electrons. The first kappa shape index (κ1) is 15.0. The van der Waals surface area contributed by atoms with Gasteiger partial charge in [0.15, 0.2) is 5.84 Å². The zero-order valence-corrected chi connectivity index (χ0v) is 12.8. The van der Waals surface area contributed by atoms with E-state index >= 15 is 0 Å². The van der Waals surface area contributed by atoms with E-state index in [9.17, 15) is 4.79 Å². The predicted molar refractivity (Wildman–Crippen MR) is 83.6 cm³/mol. The molecular formula is C14H13BrN4O2. The SMILES string of the molecule is Cc1cccc(C(=O)Nc2ccc(Br)cc2/C(N)=N/O)n1. The van der Waals surface area contributed by atoms with Gasteiger partial charge in [-0.05, 0) is 37.3 Å². The van der Waals surface area contributed by atoms with Gasteiger partial charge in [0.2, 0.25) is 0 Å². The normalized spacial score (nSPS) is 11.2. The largest absolute Gasteiger partial charge is 0.409 e. The average molecular weight is 349 g/mol. The average Bonchev–Trinajstić information content (AvgIpc) is 2.48. The second-order valence-corrected chi connectivity index (χ2v) is 5.21. The van der Waals surface area contributed by atoms with Crippen molar-refractivity contribution < 1.29 is 10.0 Å². The number of anilines is 1. The minimum Gasteiger partial charge on any atom is -0.409 e. The Kier molecular flexibility index (Phi) is 4.54. The van der Waals surface area contributed by atoms with Gasteiger partial charge >= 0.3 is 0 Å². The van der Waals surface area contributed by atoms with E-state index in [2.05, 4.69) is 31.4 Å². The van der Waals surface area contributed by atoms with Gasteiger partial charge in [0.1, 0.15) is 5.69 Å². The van der Waals surface area contributed by atoms with Crippen molar-refractivity contribution in [3.63, 3.8) is 0 Å². The molecule has 0 aliphatic rings. The number of aryl methyl sites for hydroxylation is 1. The molecule has 1 aromatic carbocycles. The van der Waals surface area contributed by atoms with Gasteiger partial charge in [-0.25, -0.2) is 4.98 Å². The smallest absolute Gasteiger partial charge is 0.274 e. The van der Waals surface area contributed by atoms with E-state index in [1.54, 1.807) is 43.3 Å². The van der Waals surface area contributed by atoms with Gasteiger partial charge in [0, 0.05) is 15.7 Å². The summed E-state index contributed by atoms with van der Waals surface area (Å²) in [5, 5.41) is 14.5. The van der Waals surface area contributed by atoms with Crippen LogP contribution in [0.1, 0.15) is 21.7 Å². The van der Waals surface area contributed by atoms with Crippen LogP contribution in [0.2, 0.25) is 0 Å². The molecule has 0 saturated carbocycles. The zero-order valence-electron chi connectivity index (χ0n) is 11.2. The summed E-state index contributed by atoms with van der Waals surface area (Å²) < 4.78 is 0.746. The van der Waals surface area contributed by atoms with Gasteiger partial charge in [-0.15, -0.1) is 0 Å². The van der Waals surface area contributed by atoms with E-state index in [-0.39, 0.29) is 11.7 Å². The lowest BCUT2D eigenvalue weighted by Crippen LogP contribution is -2.20. The summed E-state index contributed by atoms with van der Waals surface area (Å²) in [7, 11) is 0. The van der Waals surface area contributed by atoms with Gasteiger partial charge in [-0.2, -0.15) is 0 Å². The molecule has 0 fully saturated rings. The zero-order chi connectivity index (χ0) is 15.4. The van der Waals surface area contributed by atoms with Crippen LogP contribution in [0.15, 0.2) is 46.0 Å². The van der Waals surface area contributed by atoms with Crippen LogP contribution in [0, 0.1) is 6.92 Å². The summed E-state index contributed by atoms with van der Waals surface area (Å²) in [5.41, 5.74) is 7.50. The number of amidine groups is 1. The van der Waals surface area contributed by atoms with Crippen molar-refractivity contribution in [3.8, 4) is 0 Å². The van der Waals surface area contributed by atoms with Gasteiger partial charge in [0.25, 0.3) is 5.91 Å². The molecule has 0 aliphatic heterocycles. The number of nitrogens with two attached hydrogens (primary N) is 1. The minimum atomic E-state index is -0.368. The fourth-order valence-corrected chi connectivity index (χ4v) is 2.11. The Bertz CT molecular complexity index is 716. The first-order valence-electron chi connectivity index (χ1n) is 6.03. The number of hydrogen-bond acceptors (Lipinski definition) is 4. The maximum Gasteiger partial charge on any atom is 0.274 e. The molecule has 2 aromatic rings. The highest BCUT2D eigenvalue weighted by atomic mass is 79.9. The molecule has 0 saturated heterocycles. The summed E-state index contributed by atoms with van der Waals surface area (Å²) in [6, 6.07) is 10.2. The number of carbonyl (C=O) groups is 1. The Morgan fingerprint density at radius 2 is 2.14 bits per heavy atom. The minimum absolute atomic E-state index is 0.0937. The van der Waals surface area contributed by atoms with E-state index < -0.39 is 0 Å². The maximum atomic E-state index is 12.2. The summed E-state index contributed by atoms with van der Waals surface area (Å²) in [6.45, 7) is 1.80. The molecule has 4 N–H and O–H groups in total. The summed E-state index contributed by atoms with van der Waals surface area (Å²) >= 11 is 3.30. The van der Waals surface area contributed by atoms with Gasteiger partial charge in [0.05, 0.1) is 5.69 Å². The molecule has 2 rings (SSSR count). The van der Waals surface area contributed by atoms with Crippen LogP contribution in [0.25, 0.3) is 0 Å². The predicted octanol–water partition coefficient (Wildman–Crippen LogP) is 2.50. The van der Waals surface area contributed by atoms with Crippen molar-refractivity contribution in [2.75, 3.05) is 5.32 Å². The Morgan fingerprint density at radius 3 is 2.81 bits per heavy atom. The number of halogens is 1. The number of aromatic nitrogens is 1. The first-order valence-corrected chi connectivity index (χ1v) is 6.83. The number of nitrogens with one attached hydrogen (secondary N) is 1. The number of nitrogens with zero attached hydrogens (tertiary/aromatic N) is 2. The molecule has 21 heavy (non-hydrogen) atoms. The molecule has 1 aromatic heterocycles. The molecule has 6 nitrogen and oxygen atoms in total. The van der Waals surface area contributed by atoms with Crippen LogP contribution in [0.3, 0.4) is 0 Å². The van der Waals surface area contributed by atoms with Gasteiger partial charge in [-0.3, -0.25) is 4.79 Å². The number of hydrogen-bond donors (Lipinski definition) is 3. The Hall–Kier alpha value is -2.41. The molecule has 0 bridgehead atoms. The number of rotatable bonds is 3. The van der Waals surface area contributed by atoms with E-state index in [0.29, 0.717) is 16.9 Å². The van der Waals surface area contributed by atoms with E-state index in [1.807, 2.05) is 0 Å². The van der Waals surface area contributed by atoms with E-state index in [0.717, 1.165) is 10.2 Å². The molecule has 7 heteroatoms. The number of oxime groups is 1. The highest BCUT2D eigenvalue weighted by Crippen LogP contribution is 2.21. The van der Waals surface area contributed by atoms with Crippen LogP contribution >= 0.6 is 15.9 Å². The molecule has 108 valence electrons. The first-order chi connectivity index (χ1) is 10.0. The van der Waals surface area contributed by atoms with Crippen LogP contribution in [-0.4, -0.2) is 21.9 Å². The van der Waals surface area contributed by atoms with Crippen molar-refractivity contribution in [2.24, 2.45) is 10.9 Å². The lowest BCUT2D eigenvalue weighted by molar-refractivity contribution is 0.102. The lowest BCUT2D eigenvalue weighted by Gasteiger charge is -2.10. The van der Waals surface area contributed by atoms with Crippen LogP contribution in [-0.2, 0) is 0 Å². The molecule has 1 heterocycles. The maximum absolute atomic E-state index is 12.2. The third kappa shape index (κ3) is 3.57. The molecular weight excluding hydrogens is 336 g/mol. The van der Waals surface area contributed by atoms with Gasteiger partial charge in [-0.1, -0.05) is 27.2 Å². The Labute approximate surface area is 129 Å². The lowest BCUT2D eigenvalue weighted by atomic mass is 10.1. The summed E-state index contributed by atoms with van der Waals surface area (Å²) in [4.78, 5) is 16.3. The number of benzene rings is 1. The highest BCUT2D eigenvalue weighted by Gasteiger charge is 2.13. The highest BCUT2D eigenvalue weighted by molar-refractivity contribution is 9.10. The second kappa shape index (κ2) is 6.36. The van der Waals surface area contributed by atoms with E-state index in [4.69, 9.17) is 10.9 Å². The number of pyridine rings is 1. The standard InChI is InChI=1S/C14H13BrN4O2/c1-8-3-2-4-12(17-8)14(20)18-11-6-5-9(15)7-10(11)13(16)19-21/h2-7,21H,1H3,(H2,16,19)(H,18,20). The second-order valence-electron chi connectivity index (χ2n) is 4.29. The van der Waals surface area contributed by atoms with Crippen molar-refractivity contribution in [1.29, 1.82) is 0 Å². The van der Waals surface area contributed by atoms with Crippen molar-refractivity contribution in [3.05, 3.63) is 57.8 Å². The van der Waals surface area contributed by atoms with Crippen LogP contribution in [0.4, 0.5) is 5.69 Å². The summed E-state index contributed by atoms with van der Waals surface area (Å²) in [6.07, 6.45) is 0. The molecule has 0 unspecified atom stereocenters. The molecule has 1 amide bonds. The van der Waals surface area contributed by atoms with Crippen LogP contribution < -0.4 is 11.1 Å². The number of carbonyl (C=O) groups excluding carboxylic acids is 1. The quantitative estimate of drug-likeness (QED) is 0.343. The van der Waals surface area contributed by atoms with Crippen LogP contribution in [0.5, 0.6) is 0 Å². The Morgan fingerprint density at radius 1 is 1.38 bits per heavy atom. The topological polar surface area (TPSA) is 101 Å². The Balaban J connectivity index is 2.33. The van der Waals surface area contributed by atoms with Gasteiger partial charge < -0.3 is 16.3 Å². The van der Waals surface area contributed by atoms with Crippen molar-refractivity contribution in [1.82, 2.24) is 4.98 Å². The van der Waals surface area contributed by atoms with Crippen molar-refractivity contribution in [2.45, 2.75) is 6.92 Å². The molecule has 0 aliphatic carbocycles. The van der Waals surface area contributed by atoms with Crippen molar-refractivity contribution >= 4 is 33.4 Å². The number of amides is 1. The monoisotopic (exact) mass is 348 g/mol. The fourth-order valence-electron chi connectivity index (χ4n) is 1.75. The fraction of sp³-hybridized carbons (Fsp3) is 0.0714. The third-order valence-electron chi connectivity index (χ3n) is 2.73. The molecule has 0 spiro atoms. The summed E-state index contributed by atoms with van der Waals surface area (Å²) in [5.74, 6) is -0.461.